The number of benzene rings is 2. The molecule has 0 saturated heterocycles. The van der Waals surface area contributed by atoms with Gasteiger partial charge in [0.2, 0.25) is 0 Å². The summed E-state index contributed by atoms with van der Waals surface area (Å²) in [7, 11) is 0. The second-order valence-corrected chi connectivity index (χ2v) is 15.2. The van der Waals surface area contributed by atoms with Crippen molar-refractivity contribution in [3.63, 3.8) is 0 Å². The highest BCUT2D eigenvalue weighted by Gasteiger charge is 2.61. The normalized spacial score (nSPS) is 20.2. The third-order valence-corrected chi connectivity index (χ3v) is 10.9. The SMILES string of the molecule is CC(C)(C[C@]1(c2ccc(-c3cnn(C4CC4)n3)cc2)N=C(N)N(C(CN(C(=O)O)C2(C(F)F)CC2)c2ccc(Cl)c(-c3ncnn3C(F)F)c2)C1=O)C(F)(F)F. The van der Waals surface area contributed by atoms with E-state index in [9.17, 15) is 40.6 Å². The van der Waals surface area contributed by atoms with Gasteiger partial charge < -0.3 is 10.8 Å². The van der Waals surface area contributed by atoms with E-state index in [1.165, 1.54) is 48.7 Å². The molecule has 0 spiro atoms. The number of carboxylic acid groups (broad SMARTS) is 1. The second-order valence-electron chi connectivity index (χ2n) is 14.8. The van der Waals surface area contributed by atoms with E-state index in [4.69, 9.17) is 17.3 Å². The number of alkyl halides is 7. The standard InChI is InChI=1S/C35H34ClF7N10O3/c1-32(2,35(41,42)43)16-34(20-6-3-18(4-7-20)24-14-46-53(49-24)21-8-9-21)28(54)51(30(44)48-34)25(15-50(31(55)56)33(11-12-33)27(37)38)19-5-10-23(36)22(13-19)26-45-17-47-52(26)29(39)40/h3-7,10,13-14,17,21,25,27,29H,8-9,11-12,15-16H2,1-2H3,(H2,44,48)(H,55,56)/t25?,34-/m1/s1. The Hall–Kier alpha value is -5.27. The van der Waals surface area contributed by atoms with Crippen molar-refractivity contribution in [3.05, 3.63) is 71.1 Å². The zero-order valence-electron chi connectivity index (χ0n) is 29.6. The second kappa shape index (κ2) is 13.7. The van der Waals surface area contributed by atoms with Gasteiger partial charge >= 0.3 is 18.8 Å². The summed E-state index contributed by atoms with van der Waals surface area (Å²) in [6.45, 7) is -2.29. The lowest BCUT2D eigenvalue weighted by atomic mass is 9.74. The van der Waals surface area contributed by atoms with Gasteiger partial charge in [0.1, 0.15) is 17.6 Å². The largest absolute Gasteiger partial charge is 0.465 e. The molecule has 3 aliphatic rings. The first-order valence-corrected chi connectivity index (χ1v) is 17.7. The van der Waals surface area contributed by atoms with Crippen LogP contribution in [0.5, 0.6) is 0 Å². The van der Waals surface area contributed by atoms with Gasteiger partial charge in [-0.3, -0.25) is 14.6 Å². The fourth-order valence-corrected chi connectivity index (χ4v) is 7.26. The molecule has 56 heavy (non-hydrogen) atoms. The van der Waals surface area contributed by atoms with Crippen molar-refractivity contribution in [1.82, 2.24) is 39.6 Å². The molecule has 0 radical (unpaired) electrons. The van der Waals surface area contributed by atoms with Gasteiger partial charge in [-0.05, 0) is 55.4 Å². The molecule has 13 nitrogen and oxygen atoms in total. The topological polar surface area (TPSA) is 161 Å². The van der Waals surface area contributed by atoms with Crippen LogP contribution < -0.4 is 5.73 Å². The molecule has 1 aliphatic heterocycles. The van der Waals surface area contributed by atoms with Crippen molar-refractivity contribution in [1.29, 1.82) is 0 Å². The summed E-state index contributed by atoms with van der Waals surface area (Å²) in [6.07, 6.45) is -7.01. The maximum Gasteiger partial charge on any atom is 0.408 e. The van der Waals surface area contributed by atoms with Crippen molar-refractivity contribution in [2.45, 2.75) is 88.3 Å². The molecule has 4 aromatic rings. The molecule has 2 fully saturated rings. The van der Waals surface area contributed by atoms with Crippen LogP contribution in [0.3, 0.4) is 0 Å². The van der Waals surface area contributed by atoms with Gasteiger partial charge in [0.25, 0.3) is 12.3 Å². The number of nitrogens with two attached hydrogens (primary N) is 1. The molecule has 1 unspecified atom stereocenters. The molecule has 7 rings (SSSR count). The van der Waals surface area contributed by atoms with E-state index in [1.807, 2.05) is 0 Å². The van der Waals surface area contributed by atoms with Crippen LogP contribution >= 0.6 is 11.6 Å². The molecule has 3 heterocycles. The summed E-state index contributed by atoms with van der Waals surface area (Å²) >= 11 is 6.41. The molecule has 2 atom stereocenters. The highest BCUT2D eigenvalue weighted by atomic mass is 35.5. The third kappa shape index (κ3) is 6.70. The number of rotatable bonds is 13. The summed E-state index contributed by atoms with van der Waals surface area (Å²) in [5, 5.41) is 22.4. The zero-order chi connectivity index (χ0) is 40.5. The first-order chi connectivity index (χ1) is 26.3. The Morgan fingerprint density at radius 1 is 1.07 bits per heavy atom. The highest BCUT2D eigenvalue weighted by Crippen LogP contribution is 2.52. The maximum absolute atomic E-state index is 15.0. The van der Waals surface area contributed by atoms with Gasteiger partial charge in [-0.1, -0.05) is 55.8 Å². The fourth-order valence-electron chi connectivity index (χ4n) is 7.05. The number of halogens is 8. The Morgan fingerprint density at radius 3 is 2.32 bits per heavy atom. The smallest absolute Gasteiger partial charge is 0.408 e. The van der Waals surface area contributed by atoms with E-state index >= 15 is 4.79 Å². The third-order valence-electron chi connectivity index (χ3n) is 10.6. The molecule has 2 aromatic heterocycles. The molecular weight excluding hydrogens is 777 g/mol. The lowest BCUT2D eigenvalue weighted by Crippen LogP contribution is -2.53. The van der Waals surface area contributed by atoms with Crippen LogP contribution in [-0.4, -0.2) is 87.3 Å². The summed E-state index contributed by atoms with van der Waals surface area (Å²) in [4.78, 5) is 38.8. The average molecular weight is 811 g/mol. The lowest BCUT2D eigenvalue weighted by Gasteiger charge is -2.39. The van der Waals surface area contributed by atoms with E-state index in [0.717, 1.165) is 37.9 Å². The van der Waals surface area contributed by atoms with Gasteiger partial charge in [-0.15, -0.1) is 0 Å². The Bertz CT molecular complexity index is 2180. The number of guanidine groups is 1. The Morgan fingerprint density at radius 2 is 1.75 bits per heavy atom. The van der Waals surface area contributed by atoms with Crippen LogP contribution in [0, 0.1) is 5.41 Å². The number of hydrogen-bond acceptors (Lipinski definition) is 8. The number of aromatic nitrogens is 6. The predicted octanol–water partition coefficient (Wildman–Crippen LogP) is 7.44. The summed E-state index contributed by atoms with van der Waals surface area (Å²) in [6, 6.07) is 8.10. The number of amides is 2. The molecule has 3 N–H and O–H groups in total. The minimum atomic E-state index is -4.86. The van der Waals surface area contributed by atoms with E-state index in [2.05, 4.69) is 25.3 Å². The van der Waals surface area contributed by atoms with Crippen LogP contribution in [0.2, 0.25) is 5.02 Å². The first kappa shape index (κ1) is 39.0. The van der Waals surface area contributed by atoms with E-state index < -0.39 is 78.4 Å². The summed E-state index contributed by atoms with van der Waals surface area (Å²) < 4.78 is 101. The molecule has 2 aliphatic carbocycles. The monoisotopic (exact) mass is 810 g/mol. The minimum absolute atomic E-state index is 0.00877. The van der Waals surface area contributed by atoms with E-state index in [0.29, 0.717) is 16.2 Å². The number of carbonyl (C=O) groups is 2. The Labute approximate surface area is 318 Å². The average Bonchev–Trinajstić information content (AvgIpc) is 4.01. The lowest BCUT2D eigenvalue weighted by molar-refractivity contribution is -0.218. The van der Waals surface area contributed by atoms with Gasteiger partial charge in [0.15, 0.2) is 17.3 Å². The van der Waals surface area contributed by atoms with Crippen LogP contribution in [-0.2, 0) is 10.3 Å². The van der Waals surface area contributed by atoms with Crippen molar-refractivity contribution >= 4 is 29.6 Å². The summed E-state index contributed by atoms with van der Waals surface area (Å²) in [5.74, 6) is -2.20. The van der Waals surface area contributed by atoms with Crippen LogP contribution in [0.15, 0.2) is 60.0 Å². The minimum Gasteiger partial charge on any atom is -0.465 e. The quantitative estimate of drug-likeness (QED) is 0.132. The van der Waals surface area contributed by atoms with Gasteiger partial charge in [0, 0.05) is 17.7 Å². The number of aliphatic imine (C=N–C) groups is 1. The zero-order valence-corrected chi connectivity index (χ0v) is 30.4. The van der Waals surface area contributed by atoms with E-state index in [-0.39, 0.29) is 45.3 Å². The predicted molar refractivity (Wildman–Crippen MR) is 185 cm³/mol. The summed E-state index contributed by atoms with van der Waals surface area (Å²) in [5.41, 5.74) is 0.146. The molecular formula is C35H34ClF7N10O3. The Kier molecular flexibility index (Phi) is 9.56. The number of nitrogens with zero attached hydrogens (tertiary/aromatic N) is 9. The molecule has 2 aromatic carbocycles. The molecule has 21 heteroatoms. The van der Waals surface area contributed by atoms with Gasteiger partial charge in [-0.25, -0.2) is 23.6 Å². The van der Waals surface area contributed by atoms with Gasteiger partial charge in [-0.2, -0.15) is 46.7 Å². The molecule has 298 valence electrons. The Balaban J connectivity index is 1.36. The maximum atomic E-state index is 15.0. The van der Waals surface area contributed by atoms with Crippen molar-refractivity contribution in [2.75, 3.05) is 6.54 Å². The van der Waals surface area contributed by atoms with Crippen molar-refractivity contribution in [2.24, 2.45) is 16.1 Å². The van der Waals surface area contributed by atoms with Crippen molar-refractivity contribution < 1.29 is 45.4 Å². The van der Waals surface area contributed by atoms with Crippen molar-refractivity contribution in [3.8, 4) is 22.6 Å². The number of carbonyl (C=O) groups excluding carboxylic acids is 1. The van der Waals surface area contributed by atoms with E-state index in [1.54, 1.807) is 4.80 Å². The van der Waals surface area contributed by atoms with Crippen LogP contribution in [0.1, 0.15) is 75.7 Å². The first-order valence-electron chi connectivity index (χ1n) is 17.3. The highest BCUT2D eigenvalue weighted by molar-refractivity contribution is 6.33. The van der Waals surface area contributed by atoms with Crippen LogP contribution in [0.25, 0.3) is 22.6 Å². The number of hydrogen-bond donors (Lipinski definition) is 2. The van der Waals surface area contributed by atoms with Crippen LogP contribution in [0.4, 0.5) is 35.5 Å². The molecule has 2 amide bonds. The van der Waals surface area contributed by atoms with Gasteiger partial charge in [0.05, 0.1) is 28.7 Å². The molecule has 0 bridgehead atoms. The molecule has 2 saturated carbocycles. The fraction of sp³-hybridized carbons (Fsp3) is 0.457.